The molecule has 0 aliphatic rings. The lowest BCUT2D eigenvalue weighted by molar-refractivity contribution is 0.838. The van der Waals surface area contributed by atoms with Crippen LogP contribution < -0.4 is 0 Å². The van der Waals surface area contributed by atoms with Crippen molar-refractivity contribution < 1.29 is 0 Å². The van der Waals surface area contributed by atoms with Crippen LogP contribution in [0.15, 0.2) is 48.5 Å². The zero-order chi connectivity index (χ0) is 14.5. The van der Waals surface area contributed by atoms with Gasteiger partial charge in [-0.15, -0.1) is 0 Å². The minimum Gasteiger partial charge on any atom is -0.198 e. The monoisotopic (exact) mass is 263 g/mol. The quantitative estimate of drug-likeness (QED) is 0.764. The molecule has 1 heteroatoms. The van der Waals surface area contributed by atoms with E-state index in [1.165, 1.54) is 16.7 Å². The van der Waals surface area contributed by atoms with Gasteiger partial charge in [-0.25, -0.2) is 0 Å². The van der Waals surface area contributed by atoms with Crippen LogP contribution in [0.1, 0.15) is 47.9 Å². The third kappa shape index (κ3) is 3.48. The number of rotatable bonds is 4. The molecule has 1 unspecified atom stereocenters. The third-order valence-electron chi connectivity index (χ3n) is 3.72. The Morgan fingerprint density at radius 2 is 1.45 bits per heavy atom. The molecule has 2 aromatic rings. The topological polar surface area (TPSA) is 23.8 Å². The lowest BCUT2D eigenvalue weighted by Gasteiger charge is -2.11. The summed E-state index contributed by atoms with van der Waals surface area (Å²) in [6.07, 6.45) is 0.776. The van der Waals surface area contributed by atoms with Gasteiger partial charge in [-0.3, -0.25) is 0 Å². The Hall–Kier alpha value is -2.07. The van der Waals surface area contributed by atoms with Gasteiger partial charge in [0.25, 0.3) is 0 Å². The van der Waals surface area contributed by atoms with E-state index >= 15 is 0 Å². The Balaban J connectivity index is 2.14. The second-order valence-corrected chi connectivity index (χ2v) is 5.69. The van der Waals surface area contributed by atoms with E-state index in [2.05, 4.69) is 75.4 Å². The predicted molar refractivity (Wildman–Crippen MR) is 83.8 cm³/mol. The molecular weight excluding hydrogens is 242 g/mol. The average Bonchev–Trinajstić information content (AvgIpc) is 2.46. The van der Waals surface area contributed by atoms with E-state index in [-0.39, 0.29) is 5.92 Å². The van der Waals surface area contributed by atoms with Crippen molar-refractivity contribution in [3.63, 3.8) is 0 Å². The molecule has 0 amide bonds. The number of hydrogen-bond donors (Lipinski definition) is 0. The lowest BCUT2D eigenvalue weighted by atomic mass is 9.91. The Bertz CT molecular complexity index is 585. The van der Waals surface area contributed by atoms with Gasteiger partial charge in [-0.1, -0.05) is 67.9 Å². The summed E-state index contributed by atoms with van der Waals surface area (Å²) in [7, 11) is 0. The van der Waals surface area contributed by atoms with Crippen LogP contribution in [0, 0.1) is 18.3 Å². The third-order valence-corrected chi connectivity index (χ3v) is 3.72. The molecular formula is C19H21N. The maximum atomic E-state index is 9.40. The first-order valence-electron chi connectivity index (χ1n) is 7.15. The van der Waals surface area contributed by atoms with E-state index < -0.39 is 0 Å². The molecule has 20 heavy (non-hydrogen) atoms. The molecule has 0 saturated heterocycles. The van der Waals surface area contributed by atoms with Crippen LogP contribution >= 0.6 is 0 Å². The van der Waals surface area contributed by atoms with Crippen molar-refractivity contribution in [3.05, 3.63) is 70.8 Å². The van der Waals surface area contributed by atoms with Crippen LogP contribution in [0.3, 0.4) is 0 Å². The largest absolute Gasteiger partial charge is 0.198 e. The fourth-order valence-corrected chi connectivity index (χ4v) is 2.31. The fraction of sp³-hybridized carbons (Fsp3) is 0.316. The maximum absolute atomic E-state index is 9.40. The predicted octanol–water partition coefficient (Wildman–Crippen LogP) is 4.97. The zero-order valence-electron chi connectivity index (χ0n) is 12.4. The second kappa shape index (κ2) is 6.39. The summed E-state index contributed by atoms with van der Waals surface area (Å²) in [5.41, 5.74) is 4.90. The van der Waals surface area contributed by atoms with E-state index in [0.29, 0.717) is 5.92 Å². The number of benzene rings is 2. The molecule has 0 aliphatic heterocycles. The van der Waals surface area contributed by atoms with E-state index in [4.69, 9.17) is 0 Å². The van der Waals surface area contributed by atoms with Crippen LogP contribution in [0.5, 0.6) is 0 Å². The highest BCUT2D eigenvalue weighted by Gasteiger charge is 2.11. The van der Waals surface area contributed by atoms with Gasteiger partial charge in [-0.05, 0) is 36.0 Å². The molecule has 102 valence electrons. The normalized spacial score (nSPS) is 12.2. The molecule has 0 saturated carbocycles. The summed E-state index contributed by atoms with van der Waals surface area (Å²) in [6, 6.07) is 19.3. The van der Waals surface area contributed by atoms with Gasteiger partial charge < -0.3 is 0 Å². The van der Waals surface area contributed by atoms with Crippen LogP contribution in [-0.4, -0.2) is 0 Å². The summed E-state index contributed by atoms with van der Waals surface area (Å²) in [4.78, 5) is 0. The Morgan fingerprint density at radius 1 is 0.900 bits per heavy atom. The van der Waals surface area contributed by atoms with Gasteiger partial charge >= 0.3 is 0 Å². The Morgan fingerprint density at radius 3 is 1.95 bits per heavy atom. The van der Waals surface area contributed by atoms with E-state index in [9.17, 15) is 5.26 Å². The molecule has 0 fully saturated rings. The molecule has 1 nitrogen and oxygen atoms in total. The number of nitrogens with zero attached hydrogens (tertiary/aromatic N) is 1. The molecule has 2 rings (SSSR count). The highest BCUT2D eigenvalue weighted by molar-refractivity contribution is 5.32. The average molecular weight is 263 g/mol. The maximum Gasteiger partial charge on any atom is 0.0753 e. The van der Waals surface area contributed by atoms with Crippen LogP contribution in [0.2, 0.25) is 0 Å². The summed E-state index contributed by atoms with van der Waals surface area (Å²) in [6.45, 7) is 6.45. The SMILES string of the molecule is Cc1ccc(C(C#N)Cc2ccc(C(C)C)cc2)cc1. The van der Waals surface area contributed by atoms with E-state index in [0.717, 1.165) is 12.0 Å². The van der Waals surface area contributed by atoms with Gasteiger partial charge in [-0.2, -0.15) is 5.26 Å². The standard InChI is InChI=1S/C19H21N/c1-14(2)17-10-6-16(7-11-17)12-19(13-20)18-8-4-15(3)5-9-18/h4-11,14,19H,12H2,1-3H3. The van der Waals surface area contributed by atoms with Crippen LogP contribution in [-0.2, 0) is 6.42 Å². The van der Waals surface area contributed by atoms with E-state index in [1.807, 2.05) is 0 Å². The second-order valence-electron chi connectivity index (χ2n) is 5.69. The van der Waals surface area contributed by atoms with Gasteiger partial charge in [0.05, 0.1) is 12.0 Å². The summed E-state index contributed by atoms with van der Waals surface area (Å²) < 4.78 is 0. The van der Waals surface area contributed by atoms with Gasteiger partial charge in [0.1, 0.15) is 0 Å². The van der Waals surface area contributed by atoms with Crippen LogP contribution in [0.4, 0.5) is 0 Å². The number of hydrogen-bond acceptors (Lipinski definition) is 1. The van der Waals surface area contributed by atoms with Gasteiger partial charge in [0.15, 0.2) is 0 Å². The summed E-state index contributed by atoms with van der Waals surface area (Å²) >= 11 is 0. The van der Waals surface area contributed by atoms with Crippen LogP contribution in [0.25, 0.3) is 0 Å². The fourth-order valence-electron chi connectivity index (χ4n) is 2.31. The van der Waals surface area contributed by atoms with Crippen molar-refractivity contribution in [1.29, 1.82) is 5.26 Å². The van der Waals surface area contributed by atoms with Crippen molar-refractivity contribution in [2.24, 2.45) is 0 Å². The molecule has 0 radical (unpaired) electrons. The van der Waals surface area contributed by atoms with Gasteiger partial charge in [0, 0.05) is 0 Å². The Kier molecular flexibility index (Phi) is 4.58. The summed E-state index contributed by atoms with van der Waals surface area (Å²) in [5, 5.41) is 9.40. The minimum atomic E-state index is -0.0690. The molecule has 0 heterocycles. The van der Waals surface area contributed by atoms with Crippen molar-refractivity contribution in [2.75, 3.05) is 0 Å². The molecule has 0 bridgehead atoms. The molecule has 1 atom stereocenters. The van der Waals surface area contributed by atoms with Gasteiger partial charge in [0.2, 0.25) is 0 Å². The summed E-state index contributed by atoms with van der Waals surface area (Å²) in [5.74, 6) is 0.480. The van der Waals surface area contributed by atoms with Crippen molar-refractivity contribution in [2.45, 2.75) is 39.0 Å². The first kappa shape index (κ1) is 14.3. The minimum absolute atomic E-state index is 0.0690. The lowest BCUT2D eigenvalue weighted by Crippen LogP contribution is -2.01. The Labute approximate surface area is 121 Å². The highest BCUT2D eigenvalue weighted by atomic mass is 14.3. The highest BCUT2D eigenvalue weighted by Crippen LogP contribution is 2.22. The molecule has 0 aliphatic carbocycles. The van der Waals surface area contributed by atoms with Crippen molar-refractivity contribution >= 4 is 0 Å². The molecule has 0 aromatic heterocycles. The zero-order valence-corrected chi connectivity index (χ0v) is 12.4. The smallest absolute Gasteiger partial charge is 0.0753 e. The van der Waals surface area contributed by atoms with Crippen molar-refractivity contribution in [1.82, 2.24) is 0 Å². The number of aryl methyl sites for hydroxylation is 1. The first-order valence-corrected chi connectivity index (χ1v) is 7.15. The van der Waals surface area contributed by atoms with E-state index in [1.54, 1.807) is 0 Å². The molecule has 0 spiro atoms. The first-order chi connectivity index (χ1) is 9.60. The molecule has 0 N–H and O–H groups in total. The molecule has 2 aromatic carbocycles. The van der Waals surface area contributed by atoms with Crippen molar-refractivity contribution in [3.8, 4) is 6.07 Å². The number of nitriles is 1.